The van der Waals surface area contributed by atoms with Crippen molar-refractivity contribution in [2.75, 3.05) is 12.8 Å². The summed E-state index contributed by atoms with van der Waals surface area (Å²) >= 11 is 0. The second-order valence-electron chi connectivity index (χ2n) is 5.22. The van der Waals surface area contributed by atoms with Gasteiger partial charge < -0.3 is 5.73 Å². The van der Waals surface area contributed by atoms with E-state index in [1.165, 1.54) is 0 Å². The Hall–Kier alpha value is -0.740. The van der Waals surface area contributed by atoms with Crippen LogP contribution >= 0.6 is 12.4 Å². The molecule has 0 aliphatic heterocycles. The number of benzene rings is 1. The summed E-state index contributed by atoms with van der Waals surface area (Å²) in [7, 11) is -7.65. The van der Waals surface area contributed by atoms with Crippen molar-refractivity contribution in [2.45, 2.75) is 28.7 Å². The second-order valence-corrected chi connectivity index (χ2v) is 8.97. The molecular formula is C12H18ClFN2O4S2. The summed E-state index contributed by atoms with van der Waals surface area (Å²) < 4.78 is 62.6. The summed E-state index contributed by atoms with van der Waals surface area (Å²) in [5.41, 5.74) is 5.80. The van der Waals surface area contributed by atoms with Gasteiger partial charge in [0.05, 0.1) is 4.90 Å². The Bertz CT molecular complexity index is 748. The topological polar surface area (TPSA) is 106 Å². The van der Waals surface area contributed by atoms with Gasteiger partial charge in [-0.05, 0) is 37.0 Å². The van der Waals surface area contributed by atoms with Crippen LogP contribution in [0.15, 0.2) is 28.0 Å². The molecule has 22 heavy (non-hydrogen) atoms. The Balaban J connectivity index is 0.00000242. The van der Waals surface area contributed by atoms with Crippen molar-refractivity contribution in [3.63, 3.8) is 0 Å². The van der Waals surface area contributed by atoms with E-state index in [4.69, 9.17) is 5.73 Å². The van der Waals surface area contributed by atoms with Crippen LogP contribution in [0.1, 0.15) is 12.8 Å². The molecule has 0 saturated heterocycles. The summed E-state index contributed by atoms with van der Waals surface area (Å²) in [5.74, 6) is -0.760. The standard InChI is InChI=1S/C12H17FN2O4S2.ClH/c1-20(16,17)12-5-4-9(6-10(12)13)21(18,19)15-7-11(14)8-2-3-8;/h4-6,8,11,15H,2-3,7,14H2,1H3;1H. The fraction of sp³-hybridized carbons (Fsp3) is 0.500. The molecule has 1 atom stereocenters. The van der Waals surface area contributed by atoms with Crippen LogP contribution in [0.25, 0.3) is 0 Å². The van der Waals surface area contributed by atoms with Gasteiger partial charge in [-0.25, -0.2) is 25.9 Å². The van der Waals surface area contributed by atoms with Crippen LogP contribution in [-0.2, 0) is 19.9 Å². The van der Waals surface area contributed by atoms with Crippen molar-refractivity contribution < 1.29 is 21.2 Å². The first-order valence-electron chi connectivity index (χ1n) is 6.36. The minimum atomic E-state index is -3.91. The first-order valence-corrected chi connectivity index (χ1v) is 9.73. The molecule has 0 heterocycles. The Kier molecular flexibility index (Phi) is 5.96. The molecular weight excluding hydrogens is 355 g/mol. The van der Waals surface area contributed by atoms with Crippen molar-refractivity contribution in [1.29, 1.82) is 0 Å². The van der Waals surface area contributed by atoms with Gasteiger partial charge in [-0.1, -0.05) is 0 Å². The van der Waals surface area contributed by atoms with Gasteiger partial charge in [-0.3, -0.25) is 0 Å². The van der Waals surface area contributed by atoms with E-state index in [0.717, 1.165) is 31.2 Å². The minimum absolute atomic E-state index is 0. The van der Waals surface area contributed by atoms with Gasteiger partial charge in [0.2, 0.25) is 10.0 Å². The molecule has 1 aliphatic carbocycles. The van der Waals surface area contributed by atoms with Crippen molar-refractivity contribution in [1.82, 2.24) is 4.72 Å². The third-order valence-electron chi connectivity index (χ3n) is 3.35. The van der Waals surface area contributed by atoms with Crippen molar-refractivity contribution >= 4 is 32.3 Å². The number of sulfone groups is 1. The normalized spacial score (nSPS) is 16.9. The number of nitrogens with two attached hydrogens (primary N) is 1. The van der Waals surface area contributed by atoms with Crippen LogP contribution in [0, 0.1) is 11.7 Å². The maximum Gasteiger partial charge on any atom is 0.240 e. The van der Waals surface area contributed by atoms with Gasteiger partial charge >= 0.3 is 0 Å². The Morgan fingerprint density at radius 3 is 2.36 bits per heavy atom. The quantitative estimate of drug-likeness (QED) is 0.763. The van der Waals surface area contributed by atoms with Crippen molar-refractivity contribution in [3.05, 3.63) is 24.0 Å². The summed E-state index contributed by atoms with van der Waals surface area (Å²) in [6.45, 7) is 0.0719. The fourth-order valence-corrected chi connectivity index (χ4v) is 3.74. The predicted octanol–water partition coefficient (Wildman–Crippen LogP) is 0.667. The van der Waals surface area contributed by atoms with Crippen LogP contribution in [0.5, 0.6) is 0 Å². The third kappa shape index (κ3) is 4.63. The number of sulfonamides is 1. The molecule has 1 fully saturated rings. The fourth-order valence-electron chi connectivity index (χ4n) is 1.93. The highest BCUT2D eigenvalue weighted by Gasteiger charge is 2.29. The molecule has 0 amide bonds. The summed E-state index contributed by atoms with van der Waals surface area (Å²) in [4.78, 5) is -0.855. The summed E-state index contributed by atoms with van der Waals surface area (Å²) in [6, 6.07) is 2.44. The van der Waals surface area contributed by atoms with E-state index < -0.39 is 30.6 Å². The van der Waals surface area contributed by atoms with Gasteiger partial charge in [-0.15, -0.1) is 12.4 Å². The highest BCUT2D eigenvalue weighted by atomic mass is 35.5. The smallest absolute Gasteiger partial charge is 0.240 e. The van der Waals surface area contributed by atoms with Crippen molar-refractivity contribution in [2.24, 2.45) is 11.7 Å². The van der Waals surface area contributed by atoms with E-state index in [1.54, 1.807) is 0 Å². The molecule has 1 aromatic rings. The Morgan fingerprint density at radius 1 is 1.32 bits per heavy atom. The third-order valence-corrected chi connectivity index (χ3v) is 5.90. The maximum absolute atomic E-state index is 13.7. The molecule has 1 aliphatic rings. The first kappa shape index (κ1) is 19.3. The lowest BCUT2D eigenvalue weighted by Gasteiger charge is -2.12. The molecule has 6 nitrogen and oxygen atoms in total. The predicted molar refractivity (Wildman–Crippen MR) is 82.6 cm³/mol. The molecule has 2 rings (SSSR count). The number of hydrogen-bond acceptors (Lipinski definition) is 5. The lowest BCUT2D eigenvalue weighted by Crippen LogP contribution is -2.38. The largest absolute Gasteiger partial charge is 0.326 e. The average Bonchev–Trinajstić information content (AvgIpc) is 3.18. The van der Waals surface area contributed by atoms with Gasteiger partial charge in [0.15, 0.2) is 9.84 Å². The molecule has 1 unspecified atom stereocenters. The van der Waals surface area contributed by atoms with Crippen molar-refractivity contribution in [3.8, 4) is 0 Å². The zero-order valence-corrected chi connectivity index (χ0v) is 14.3. The Labute approximate surface area is 135 Å². The SMILES string of the molecule is CS(=O)(=O)c1ccc(S(=O)(=O)NCC(N)C2CC2)cc1F.Cl. The van der Waals surface area contributed by atoms with E-state index in [1.807, 2.05) is 0 Å². The summed E-state index contributed by atoms with van der Waals surface area (Å²) in [6.07, 6.45) is 2.83. The molecule has 0 bridgehead atoms. The van der Waals surface area contributed by atoms with Crippen LogP contribution < -0.4 is 10.5 Å². The van der Waals surface area contributed by atoms with Gasteiger partial charge in [0, 0.05) is 18.8 Å². The molecule has 0 spiro atoms. The van der Waals surface area contributed by atoms with Crippen LogP contribution in [-0.4, -0.2) is 35.7 Å². The van der Waals surface area contributed by atoms with Gasteiger partial charge in [-0.2, -0.15) is 0 Å². The zero-order chi connectivity index (χ0) is 15.8. The summed E-state index contributed by atoms with van der Waals surface area (Å²) in [5, 5.41) is 0. The lowest BCUT2D eigenvalue weighted by atomic mass is 10.2. The van der Waals surface area contributed by atoms with E-state index in [9.17, 15) is 21.2 Å². The highest BCUT2D eigenvalue weighted by Crippen LogP contribution is 2.31. The van der Waals surface area contributed by atoms with E-state index in [-0.39, 0.29) is 29.9 Å². The number of hydrogen-bond donors (Lipinski definition) is 2. The minimum Gasteiger partial charge on any atom is -0.326 e. The zero-order valence-electron chi connectivity index (χ0n) is 11.8. The van der Waals surface area contributed by atoms with Gasteiger partial charge in [0.1, 0.15) is 10.7 Å². The second kappa shape index (κ2) is 6.79. The molecule has 0 aromatic heterocycles. The van der Waals surface area contributed by atoms with E-state index >= 15 is 0 Å². The molecule has 0 radical (unpaired) electrons. The lowest BCUT2D eigenvalue weighted by molar-refractivity contribution is 0.543. The van der Waals surface area contributed by atoms with Crippen LogP contribution in [0.3, 0.4) is 0 Å². The van der Waals surface area contributed by atoms with Crippen LogP contribution in [0.2, 0.25) is 0 Å². The number of nitrogens with one attached hydrogen (secondary N) is 1. The van der Waals surface area contributed by atoms with E-state index in [0.29, 0.717) is 12.0 Å². The monoisotopic (exact) mass is 372 g/mol. The molecule has 1 aromatic carbocycles. The van der Waals surface area contributed by atoms with Crippen LogP contribution in [0.4, 0.5) is 4.39 Å². The number of rotatable bonds is 6. The molecule has 1 saturated carbocycles. The molecule has 3 N–H and O–H groups in total. The van der Waals surface area contributed by atoms with E-state index in [2.05, 4.69) is 4.72 Å². The van der Waals surface area contributed by atoms with Gasteiger partial charge in [0.25, 0.3) is 0 Å². The molecule has 10 heteroatoms. The Morgan fingerprint density at radius 2 is 1.91 bits per heavy atom. The number of halogens is 2. The molecule has 126 valence electrons. The highest BCUT2D eigenvalue weighted by molar-refractivity contribution is 7.90. The average molecular weight is 373 g/mol. The maximum atomic E-state index is 13.7. The first-order chi connectivity index (χ1) is 9.61.